The first-order valence-electron chi connectivity index (χ1n) is 9.92. The van der Waals surface area contributed by atoms with E-state index in [1.54, 1.807) is 0 Å². The Bertz CT molecular complexity index is 920. The van der Waals surface area contributed by atoms with Crippen molar-refractivity contribution in [3.05, 3.63) is 46.8 Å². The summed E-state index contributed by atoms with van der Waals surface area (Å²) >= 11 is 0. The molecule has 28 heavy (non-hydrogen) atoms. The van der Waals surface area contributed by atoms with Gasteiger partial charge in [-0.05, 0) is 50.8 Å². The number of anilines is 1. The maximum absolute atomic E-state index is 12.8. The maximum atomic E-state index is 12.8. The van der Waals surface area contributed by atoms with Crippen LogP contribution in [0, 0.1) is 13.8 Å². The maximum Gasteiger partial charge on any atom is 0.227 e. The summed E-state index contributed by atoms with van der Waals surface area (Å²) in [7, 11) is 0. The Balaban J connectivity index is 1.46. The fourth-order valence-electron chi connectivity index (χ4n) is 4.27. The number of hydrogen-bond donors (Lipinski definition) is 2. The Kier molecular flexibility index (Phi) is 4.93. The second-order valence-corrected chi connectivity index (χ2v) is 7.76. The highest BCUT2D eigenvalue weighted by Crippen LogP contribution is 2.28. The summed E-state index contributed by atoms with van der Waals surface area (Å²) in [6.07, 6.45) is 2.14. The van der Waals surface area contributed by atoms with Gasteiger partial charge in [-0.15, -0.1) is 0 Å². The van der Waals surface area contributed by atoms with Gasteiger partial charge in [0, 0.05) is 36.8 Å². The highest BCUT2D eigenvalue weighted by Gasteiger charge is 2.28. The van der Waals surface area contributed by atoms with Gasteiger partial charge in [0.1, 0.15) is 0 Å². The number of aryl methyl sites for hydroxylation is 1. The lowest BCUT2D eigenvalue weighted by Crippen LogP contribution is -2.52. The van der Waals surface area contributed by atoms with Gasteiger partial charge in [-0.1, -0.05) is 18.2 Å². The van der Waals surface area contributed by atoms with E-state index >= 15 is 0 Å². The van der Waals surface area contributed by atoms with Gasteiger partial charge in [0.15, 0.2) is 6.29 Å². The molecule has 7 nitrogen and oxygen atoms in total. The topological polar surface area (TPSA) is 79.3 Å². The van der Waals surface area contributed by atoms with Crippen LogP contribution in [0.1, 0.15) is 48.6 Å². The number of para-hydroxylation sites is 1. The first-order valence-corrected chi connectivity index (χ1v) is 9.92. The second-order valence-electron chi connectivity index (χ2n) is 7.76. The van der Waals surface area contributed by atoms with Crippen LogP contribution in [-0.2, 0) is 22.4 Å². The molecule has 148 valence electrons. The molecule has 0 aliphatic carbocycles. The quantitative estimate of drug-likeness (QED) is 0.849. The van der Waals surface area contributed by atoms with E-state index in [9.17, 15) is 9.59 Å². The minimum Gasteiger partial charge on any atom is -0.322 e. The summed E-state index contributed by atoms with van der Waals surface area (Å²) < 4.78 is 1.83. The molecule has 2 aliphatic heterocycles. The first-order chi connectivity index (χ1) is 13.4. The Morgan fingerprint density at radius 3 is 2.86 bits per heavy atom. The van der Waals surface area contributed by atoms with Gasteiger partial charge < -0.3 is 10.2 Å². The summed E-state index contributed by atoms with van der Waals surface area (Å²) in [5.41, 5.74) is 5.25. The SMILES string of the molecule is Cc1nn(C2NC(=O)CC(C)N2)c(C)c1CCC(=O)N1CCc2ccccc21. The van der Waals surface area contributed by atoms with E-state index in [1.165, 1.54) is 5.56 Å². The summed E-state index contributed by atoms with van der Waals surface area (Å²) in [5, 5.41) is 10.9. The number of amides is 2. The Morgan fingerprint density at radius 2 is 2.07 bits per heavy atom. The molecule has 0 bridgehead atoms. The van der Waals surface area contributed by atoms with E-state index in [-0.39, 0.29) is 24.1 Å². The van der Waals surface area contributed by atoms with Gasteiger partial charge in [-0.25, -0.2) is 4.68 Å². The number of nitrogens with zero attached hydrogens (tertiary/aromatic N) is 3. The van der Waals surface area contributed by atoms with Crippen molar-refractivity contribution in [2.45, 2.75) is 58.8 Å². The minimum atomic E-state index is -0.343. The molecular weight excluding hydrogens is 354 g/mol. The molecule has 2 atom stereocenters. The summed E-state index contributed by atoms with van der Waals surface area (Å²) in [5.74, 6) is 0.169. The third-order valence-electron chi connectivity index (χ3n) is 5.73. The lowest BCUT2D eigenvalue weighted by atomic mass is 10.1. The van der Waals surface area contributed by atoms with E-state index in [0.717, 1.165) is 35.6 Å². The highest BCUT2D eigenvalue weighted by molar-refractivity contribution is 5.95. The number of nitrogens with one attached hydrogen (secondary N) is 2. The molecule has 0 saturated carbocycles. The zero-order valence-electron chi connectivity index (χ0n) is 16.7. The van der Waals surface area contributed by atoms with Crippen LogP contribution in [-0.4, -0.2) is 34.2 Å². The van der Waals surface area contributed by atoms with E-state index in [1.807, 2.05) is 48.6 Å². The molecular formula is C21H27N5O2. The molecule has 7 heteroatoms. The monoisotopic (exact) mass is 381 g/mol. The molecule has 2 unspecified atom stereocenters. The normalized spacial score (nSPS) is 21.5. The lowest BCUT2D eigenvalue weighted by Gasteiger charge is -2.30. The van der Waals surface area contributed by atoms with Crippen LogP contribution in [0.4, 0.5) is 5.69 Å². The van der Waals surface area contributed by atoms with E-state index in [2.05, 4.69) is 21.8 Å². The minimum absolute atomic E-state index is 0.0215. The van der Waals surface area contributed by atoms with Gasteiger partial charge in [0.05, 0.1) is 5.69 Å². The Hall–Kier alpha value is -2.67. The fraction of sp³-hybridized carbons (Fsp3) is 0.476. The van der Waals surface area contributed by atoms with Gasteiger partial charge in [0.25, 0.3) is 0 Å². The van der Waals surface area contributed by atoms with Crippen molar-refractivity contribution in [3.63, 3.8) is 0 Å². The smallest absolute Gasteiger partial charge is 0.227 e. The predicted molar refractivity (Wildman–Crippen MR) is 107 cm³/mol. The van der Waals surface area contributed by atoms with Crippen LogP contribution < -0.4 is 15.5 Å². The van der Waals surface area contributed by atoms with Gasteiger partial charge in [-0.2, -0.15) is 5.10 Å². The van der Waals surface area contributed by atoms with Crippen LogP contribution >= 0.6 is 0 Å². The molecule has 2 N–H and O–H groups in total. The number of rotatable bonds is 4. The average molecular weight is 381 g/mol. The number of fused-ring (bicyclic) bond motifs is 1. The molecule has 4 rings (SSSR count). The molecule has 0 radical (unpaired) electrons. The van der Waals surface area contributed by atoms with Crippen LogP contribution in [0.25, 0.3) is 0 Å². The van der Waals surface area contributed by atoms with Crippen molar-refractivity contribution in [3.8, 4) is 0 Å². The molecule has 1 aromatic heterocycles. The van der Waals surface area contributed by atoms with Crippen LogP contribution in [0.15, 0.2) is 24.3 Å². The largest absolute Gasteiger partial charge is 0.322 e. The van der Waals surface area contributed by atoms with Crippen molar-refractivity contribution < 1.29 is 9.59 Å². The zero-order valence-corrected chi connectivity index (χ0v) is 16.7. The third kappa shape index (κ3) is 3.42. The van der Waals surface area contributed by atoms with Crippen molar-refractivity contribution >= 4 is 17.5 Å². The number of hydrogen-bond acceptors (Lipinski definition) is 4. The summed E-state index contributed by atoms with van der Waals surface area (Å²) in [6.45, 7) is 6.71. The average Bonchev–Trinajstić information content (AvgIpc) is 3.20. The lowest BCUT2D eigenvalue weighted by molar-refractivity contribution is -0.125. The van der Waals surface area contributed by atoms with Gasteiger partial charge in [0.2, 0.25) is 11.8 Å². The van der Waals surface area contributed by atoms with Crippen LogP contribution in [0.2, 0.25) is 0 Å². The summed E-state index contributed by atoms with van der Waals surface area (Å²) in [4.78, 5) is 26.6. The molecule has 2 aromatic rings. The standard InChI is InChI=1S/C21H27N5O2/c1-13-12-19(27)23-21(22-13)26-15(3)17(14(2)24-26)8-9-20(28)25-11-10-16-6-4-5-7-18(16)25/h4-7,13,21-22H,8-12H2,1-3H3,(H,23,27). The predicted octanol–water partition coefficient (Wildman–Crippen LogP) is 1.98. The Labute approximate surface area is 165 Å². The molecule has 0 spiro atoms. The third-order valence-corrected chi connectivity index (χ3v) is 5.73. The second kappa shape index (κ2) is 7.39. The van der Waals surface area contributed by atoms with E-state index in [0.29, 0.717) is 19.3 Å². The fourth-order valence-corrected chi connectivity index (χ4v) is 4.27. The Morgan fingerprint density at radius 1 is 1.29 bits per heavy atom. The van der Waals surface area contributed by atoms with Gasteiger partial charge >= 0.3 is 0 Å². The number of benzene rings is 1. The first kappa shape index (κ1) is 18.7. The van der Waals surface area contributed by atoms with E-state index in [4.69, 9.17) is 0 Å². The van der Waals surface area contributed by atoms with Crippen molar-refractivity contribution in [2.75, 3.05) is 11.4 Å². The number of carbonyl (C=O) groups is 2. The molecule has 2 aliphatic rings. The highest BCUT2D eigenvalue weighted by atomic mass is 16.2. The van der Waals surface area contributed by atoms with Crippen LogP contribution in [0.5, 0.6) is 0 Å². The van der Waals surface area contributed by atoms with Crippen molar-refractivity contribution in [1.82, 2.24) is 20.4 Å². The molecule has 1 saturated heterocycles. The molecule has 3 heterocycles. The van der Waals surface area contributed by atoms with Crippen molar-refractivity contribution in [2.24, 2.45) is 0 Å². The molecule has 2 amide bonds. The van der Waals surface area contributed by atoms with E-state index < -0.39 is 0 Å². The summed E-state index contributed by atoms with van der Waals surface area (Å²) in [6, 6.07) is 8.21. The van der Waals surface area contributed by atoms with Crippen molar-refractivity contribution in [1.29, 1.82) is 0 Å². The molecule has 1 aromatic carbocycles. The number of carbonyl (C=O) groups excluding carboxylic acids is 2. The van der Waals surface area contributed by atoms with Crippen LogP contribution in [0.3, 0.4) is 0 Å². The van der Waals surface area contributed by atoms with Gasteiger partial charge in [-0.3, -0.25) is 14.9 Å². The zero-order chi connectivity index (χ0) is 19.8. The number of aromatic nitrogens is 2. The molecule has 1 fully saturated rings.